The highest BCUT2D eigenvalue weighted by molar-refractivity contribution is 6.27. The van der Waals surface area contributed by atoms with Crippen LogP contribution in [0.25, 0.3) is 98.1 Å². The van der Waals surface area contributed by atoms with Gasteiger partial charge in [0.25, 0.3) is 0 Å². The Bertz CT molecular complexity index is 3760. The van der Waals surface area contributed by atoms with Gasteiger partial charge >= 0.3 is 0 Å². The Balaban J connectivity index is 0.960. The second-order valence-electron chi connectivity index (χ2n) is 16.5. The third-order valence-electron chi connectivity index (χ3n) is 12.9. The van der Waals surface area contributed by atoms with Gasteiger partial charge in [0.1, 0.15) is 22.8 Å². The fraction of sp³-hybridized carbons (Fsp3) is 0.0169. The molecular weight excluding hydrogens is 767 g/mol. The van der Waals surface area contributed by atoms with Crippen molar-refractivity contribution in [3.8, 4) is 22.3 Å². The number of hydrogen-bond acceptors (Lipinski definition) is 4. The summed E-state index contributed by atoms with van der Waals surface area (Å²) >= 11 is 0. The predicted molar refractivity (Wildman–Crippen MR) is 264 cm³/mol. The van der Waals surface area contributed by atoms with E-state index in [2.05, 4.69) is 218 Å². The Morgan fingerprint density at radius 1 is 0.333 bits per heavy atom. The summed E-state index contributed by atoms with van der Waals surface area (Å²) < 4.78 is 6.42. The van der Waals surface area contributed by atoms with E-state index >= 15 is 0 Å². The lowest BCUT2D eigenvalue weighted by Crippen LogP contribution is -2.36. The fourth-order valence-electron chi connectivity index (χ4n) is 9.84. The number of benzene rings is 11. The van der Waals surface area contributed by atoms with Gasteiger partial charge in [-0.2, -0.15) is 0 Å². The van der Waals surface area contributed by atoms with Crippen LogP contribution in [-0.2, 0) is 0 Å². The van der Waals surface area contributed by atoms with Crippen LogP contribution < -0.4 is 5.32 Å². The van der Waals surface area contributed by atoms with Crippen LogP contribution in [0.1, 0.15) is 22.9 Å². The standard InChI is InChI=1S/C59H37N3O/c1-2-13-36(14-3-1)39-29-30-54-53(33-39)56-46(23-12-24-55(56)63-54)42-27-25-38-32-43(28-26-37(38)31-42)57-60-58(51-34-40-15-4-6-17-44(40)47-19-8-10-21-49(47)51)62-59(61-57)52-35-41-16-5-7-18-45(41)48-20-9-11-22-50(48)52/h1-35,57H,(H,60,61,62). The average Bonchev–Trinajstić information content (AvgIpc) is 3.74. The highest BCUT2D eigenvalue weighted by atomic mass is 16.3. The molecule has 63 heavy (non-hydrogen) atoms. The van der Waals surface area contributed by atoms with E-state index in [1.165, 1.54) is 43.4 Å². The van der Waals surface area contributed by atoms with Crippen LogP contribution in [0.3, 0.4) is 0 Å². The summed E-state index contributed by atoms with van der Waals surface area (Å²) in [6.45, 7) is 0. The Kier molecular flexibility index (Phi) is 7.94. The third-order valence-corrected chi connectivity index (χ3v) is 12.9. The van der Waals surface area contributed by atoms with Gasteiger partial charge in [-0.15, -0.1) is 0 Å². The van der Waals surface area contributed by atoms with E-state index in [9.17, 15) is 0 Å². The number of aliphatic imine (C=N–C) groups is 2. The van der Waals surface area contributed by atoms with Crippen LogP contribution in [0, 0.1) is 0 Å². The molecule has 11 aromatic carbocycles. The molecule has 4 nitrogen and oxygen atoms in total. The summed E-state index contributed by atoms with van der Waals surface area (Å²) in [4.78, 5) is 10.9. The monoisotopic (exact) mass is 803 g/mol. The van der Waals surface area contributed by atoms with Crippen LogP contribution in [0.2, 0.25) is 0 Å². The molecule has 1 aliphatic rings. The summed E-state index contributed by atoms with van der Waals surface area (Å²) in [7, 11) is 0. The van der Waals surface area contributed by atoms with Gasteiger partial charge in [-0.1, -0.05) is 170 Å². The van der Waals surface area contributed by atoms with Gasteiger partial charge in [0.05, 0.1) is 0 Å². The van der Waals surface area contributed by atoms with Crippen molar-refractivity contribution in [2.24, 2.45) is 9.98 Å². The Labute approximate surface area is 363 Å². The fourth-order valence-corrected chi connectivity index (χ4v) is 9.84. The first-order chi connectivity index (χ1) is 31.2. The Morgan fingerprint density at radius 3 is 1.59 bits per heavy atom. The van der Waals surface area contributed by atoms with E-state index in [0.29, 0.717) is 0 Å². The van der Waals surface area contributed by atoms with Gasteiger partial charge in [-0.25, -0.2) is 9.98 Å². The minimum Gasteiger partial charge on any atom is -0.456 e. The zero-order valence-corrected chi connectivity index (χ0v) is 34.1. The SMILES string of the molecule is c1ccc(-c2ccc3oc4cccc(-c5ccc6cc(C7N=C(c8cc9ccccc9c9ccccc89)NC(c8cc9ccccc9c9ccccc89)=N7)ccc6c5)c4c3c2)cc1. The molecule has 13 rings (SSSR count). The second-order valence-corrected chi connectivity index (χ2v) is 16.5. The van der Waals surface area contributed by atoms with E-state index in [4.69, 9.17) is 14.4 Å². The maximum absolute atomic E-state index is 6.42. The van der Waals surface area contributed by atoms with Gasteiger partial charge in [0.15, 0.2) is 6.17 Å². The summed E-state index contributed by atoms with van der Waals surface area (Å²) in [6.07, 6.45) is -0.486. The van der Waals surface area contributed by atoms with Crippen molar-refractivity contribution in [3.63, 3.8) is 0 Å². The third kappa shape index (κ3) is 5.84. The number of hydrogen-bond donors (Lipinski definition) is 1. The molecule has 0 aliphatic carbocycles. The van der Waals surface area contributed by atoms with Crippen LogP contribution in [0.5, 0.6) is 0 Å². The van der Waals surface area contributed by atoms with E-state index in [1.54, 1.807) is 0 Å². The van der Waals surface area contributed by atoms with Gasteiger partial charge < -0.3 is 9.73 Å². The van der Waals surface area contributed by atoms with E-state index in [-0.39, 0.29) is 0 Å². The number of nitrogens with one attached hydrogen (secondary N) is 1. The molecule has 0 saturated heterocycles. The molecule has 0 spiro atoms. The molecule has 2 heterocycles. The molecule has 0 amide bonds. The van der Waals surface area contributed by atoms with Crippen molar-refractivity contribution >= 4 is 87.5 Å². The van der Waals surface area contributed by atoms with Gasteiger partial charge in [0, 0.05) is 21.9 Å². The van der Waals surface area contributed by atoms with Crippen molar-refractivity contribution < 1.29 is 4.42 Å². The van der Waals surface area contributed by atoms with Crippen LogP contribution >= 0.6 is 0 Å². The zero-order chi connectivity index (χ0) is 41.4. The predicted octanol–water partition coefficient (Wildman–Crippen LogP) is 15.2. The number of rotatable bonds is 5. The summed E-state index contributed by atoms with van der Waals surface area (Å²) in [5.41, 5.74) is 9.54. The molecule has 0 unspecified atom stereocenters. The second kappa shape index (κ2) is 14.1. The first kappa shape index (κ1) is 35.4. The first-order valence-corrected chi connectivity index (χ1v) is 21.5. The summed E-state index contributed by atoms with van der Waals surface area (Å²) in [5, 5.41) is 17.8. The van der Waals surface area contributed by atoms with Crippen LogP contribution in [0.15, 0.2) is 227 Å². The normalized spacial score (nSPS) is 13.3. The van der Waals surface area contributed by atoms with Crippen molar-refractivity contribution in [2.45, 2.75) is 6.17 Å². The molecule has 4 heteroatoms. The van der Waals surface area contributed by atoms with Crippen molar-refractivity contribution in [3.05, 3.63) is 229 Å². The summed E-state index contributed by atoms with van der Waals surface area (Å²) in [5.74, 6) is 1.60. The first-order valence-electron chi connectivity index (χ1n) is 21.5. The summed E-state index contributed by atoms with van der Waals surface area (Å²) in [6, 6.07) is 75.9. The van der Waals surface area contributed by atoms with E-state index in [0.717, 1.165) is 83.0 Å². The number of furan rings is 1. The quantitative estimate of drug-likeness (QED) is 0.176. The highest BCUT2D eigenvalue weighted by Gasteiger charge is 2.25. The molecule has 1 aromatic heterocycles. The molecule has 1 aliphatic heterocycles. The molecule has 294 valence electrons. The Hall–Kier alpha value is -8.34. The van der Waals surface area contributed by atoms with E-state index in [1.807, 2.05) is 0 Å². The Morgan fingerprint density at radius 2 is 0.905 bits per heavy atom. The maximum Gasteiger partial charge on any atom is 0.169 e. The molecule has 1 N–H and O–H groups in total. The molecule has 0 saturated carbocycles. The number of nitrogens with zero attached hydrogens (tertiary/aromatic N) is 2. The molecular formula is C59H37N3O. The molecule has 0 fully saturated rings. The van der Waals surface area contributed by atoms with Crippen LogP contribution in [-0.4, -0.2) is 11.7 Å². The van der Waals surface area contributed by atoms with Crippen molar-refractivity contribution in [1.82, 2.24) is 5.32 Å². The maximum atomic E-state index is 6.42. The lowest BCUT2D eigenvalue weighted by Gasteiger charge is -2.24. The largest absolute Gasteiger partial charge is 0.456 e. The van der Waals surface area contributed by atoms with E-state index < -0.39 is 6.17 Å². The average molecular weight is 804 g/mol. The van der Waals surface area contributed by atoms with Crippen molar-refractivity contribution in [2.75, 3.05) is 0 Å². The highest BCUT2D eigenvalue weighted by Crippen LogP contribution is 2.40. The minimum atomic E-state index is -0.486. The zero-order valence-electron chi connectivity index (χ0n) is 34.1. The molecule has 0 bridgehead atoms. The van der Waals surface area contributed by atoms with Gasteiger partial charge in [0.2, 0.25) is 0 Å². The van der Waals surface area contributed by atoms with Crippen molar-refractivity contribution in [1.29, 1.82) is 0 Å². The van der Waals surface area contributed by atoms with Crippen LogP contribution in [0.4, 0.5) is 0 Å². The topological polar surface area (TPSA) is 49.9 Å². The molecule has 12 aromatic rings. The lowest BCUT2D eigenvalue weighted by molar-refractivity contribution is 0.669. The number of amidine groups is 2. The molecule has 0 radical (unpaired) electrons. The lowest BCUT2D eigenvalue weighted by atomic mass is 9.94. The van der Waals surface area contributed by atoms with Gasteiger partial charge in [-0.3, -0.25) is 0 Å². The van der Waals surface area contributed by atoms with Gasteiger partial charge in [-0.05, 0) is 124 Å². The minimum absolute atomic E-state index is 0.486. The molecule has 0 atom stereocenters. The number of fused-ring (bicyclic) bond motifs is 10. The smallest absolute Gasteiger partial charge is 0.169 e.